The van der Waals surface area contributed by atoms with Gasteiger partial charge < -0.3 is 14.6 Å². The molecule has 4 heteroatoms. The molecule has 120 valence electrons. The zero-order valence-corrected chi connectivity index (χ0v) is 13.7. The van der Waals surface area contributed by atoms with Crippen LogP contribution in [0.2, 0.25) is 0 Å². The van der Waals surface area contributed by atoms with Crippen LogP contribution in [0.4, 0.5) is 0 Å². The predicted molar refractivity (Wildman–Crippen MR) is 93.6 cm³/mol. The van der Waals surface area contributed by atoms with Crippen molar-refractivity contribution in [3.05, 3.63) is 60.7 Å². The number of aromatic nitrogens is 2. The second kappa shape index (κ2) is 7.29. The lowest BCUT2D eigenvalue weighted by molar-refractivity contribution is 0.404. The number of nitrogens with zero attached hydrogens (tertiary/aromatic N) is 2. The van der Waals surface area contributed by atoms with Crippen molar-refractivity contribution in [2.45, 2.75) is 20.0 Å². The number of hydrogen-bond donors (Lipinski definition) is 1. The number of nitrogens with one attached hydrogen (secondary N) is 1. The van der Waals surface area contributed by atoms with Crippen molar-refractivity contribution in [3.63, 3.8) is 0 Å². The Morgan fingerprint density at radius 2 is 2.09 bits per heavy atom. The third-order valence-electron chi connectivity index (χ3n) is 4.09. The van der Waals surface area contributed by atoms with E-state index in [0.29, 0.717) is 5.92 Å². The van der Waals surface area contributed by atoms with Gasteiger partial charge in [0.2, 0.25) is 0 Å². The van der Waals surface area contributed by atoms with Crippen molar-refractivity contribution in [3.8, 4) is 5.75 Å². The maximum atomic E-state index is 5.54. The molecular weight excluding hydrogens is 286 g/mol. The van der Waals surface area contributed by atoms with E-state index in [2.05, 4.69) is 52.1 Å². The Morgan fingerprint density at radius 3 is 2.87 bits per heavy atom. The minimum absolute atomic E-state index is 0.533. The summed E-state index contributed by atoms with van der Waals surface area (Å²) < 4.78 is 7.66. The van der Waals surface area contributed by atoms with Crippen LogP contribution < -0.4 is 10.1 Å². The molecule has 0 saturated carbocycles. The van der Waals surface area contributed by atoms with E-state index >= 15 is 0 Å². The van der Waals surface area contributed by atoms with Gasteiger partial charge in [0.05, 0.1) is 13.4 Å². The highest BCUT2D eigenvalue weighted by Crippen LogP contribution is 2.27. The van der Waals surface area contributed by atoms with Crippen LogP contribution in [0.3, 0.4) is 0 Å². The Morgan fingerprint density at radius 1 is 1.22 bits per heavy atom. The first-order valence-electron chi connectivity index (χ1n) is 7.99. The van der Waals surface area contributed by atoms with E-state index in [-0.39, 0.29) is 0 Å². The van der Waals surface area contributed by atoms with Crippen molar-refractivity contribution in [1.82, 2.24) is 14.9 Å². The highest BCUT2D eigenvalue weighted by molar-refractivity contribution is 5.87. The summed E-state index contributed by atoms with van der Waals surface area (Å²) in [7, 11) is 1.73. The summed E-state index contributed by atoms with van der Waals surface area (Å²) in [5.41, 5.74) is 1.22. The van der Waals surface area contributed by atoms with E-state index in [1.54, 1.807) is 7.11 Å². The summed E-state index contributed by atoms with van der Waals surface area (Å²) in [6, 6.07) is 12.6. The molecule has 23 heavy (non-hydrogen) atoms. The number of imidazole rings is 1. The molecule has 0 spiro atoms. The van der Waals surface area contributed by atoms with E-state index in [1.807, 2.05) is 24.8 Å². The number of ether oxygens (including phenoxy) is 1. The van der Waals surface area contributed by atoms with Crippen molar-refractivity contribution in [2.75, 3.05) is 13.7 Å². The Bertz CT molecular complexity index is 752. The first-order valence-corrected chi connectivity index (χ1v) is 7.99. The molecule has 3 rings (SSSR count). The molecule has 1 unspecified atom stereocenters. The summed E-state index contributed by atoms with van der Waals surface area (Å²) in [6.07, 6.45) is 5.69. The lowest BCUT2D eigenvalue weighted by Gasteiger charge is -2.16. The molecule has 0 aliphatic heterocycles. The fraction of sp³-hybridized carbons (Fsp3) is 0.316. The van der Waals surface area contributed by atoms with Gasteiger partial charge in [-0.2, -0.15) is 0 Å². The first kappa shape index (κ1) is 15.6. The summed E-state index contributed by atoms with van der Waals surface area (Å²) in [5, 5.41) is 6.07. The Balaban J connectivity index is 1.66. The average molecular weight is 309 g/mol. The van der Waals surface area contributed by atoms with Gasteiger partial charge in [0.1, 0.15) is 5.75 Å². The number of benzene rings is 2. The van der Waals surface area contributed by atoms with Crippen LogP contribution in [-0.4, -0.2) is 23.2 Å². The molecule has 1 N–H and O–H groups in total. The van der Waals surface area contributed by atoms with Crippen LogP contribution in [0.5, 0.6) is 5.75 Å². The Kier molecular flexibility index (Phi) is 4.93. The maximum absolute atomic E-state index is 5.54. The smallest absolute Gasteiger partial charge is 0.123 e. The minimum atomic E-state index is 0.533. The minimum Gasteiger partial charge on any atom is -0.496 e. The molecule has 1 aromatic heterocycles. The Hall–Kier alpha value is -2.33. The molecule has 0 amide bonds. The van der Waals surface area contributed by atoms with Gasteiger partial charge in [-0.3, -0.25) is 0 Å². The van der Waals surface area contributed by atoms with Crippen LogP contribution in [0.15, 0.2) is 55.1 Å². The molecule has 0 aliphatic rings. The van der Waals surface area contributed by atoms with Crippen molar-refractivity contribution in [1.29, 1.82) is 0 Å². The summed E-state index contributed by atoms with van der Waals surface area (Å²) in [6.45, 7) is 4.97. The molecule has 1 heterocycles. The van der Waals surface area contributed by atoms with Crippen molar-refractivity contribution < 1.29 is 4.74 Å². The highest BCUT2D eigenvalue weighted by Gasteiger charge is 2.09. The van der Waals surface area contributed by atoms with Gasteiger partial charge in [-0.05, 0) is 29.3 Å². The fourth-order valence-electron chi connectivity index (χ4n) is 2.95. The van der Waals surface area contributed by atoms with E-state index in [9.17, 15) is 0 Å². The zero-order valence-electron chi connectivity index (χ0n) is 13.7. The normalized spacial score (nSPS) is 12.4. The molecule has 4 nitrogen and oxygen atoms in total. The monoisotopic (exact) mass is 309 g/mol. The number of fused-ring (bicyclic) bond motifs is 1. The standard InChI is InChI=1S/C19H23N3O/c1-15(13-22-10-9-20-14-22)11-21-12-18-17-6-4-3-5-16(17)7-8-19(18)23-2/h3-10,14-15,21H,11-13H2,1-2H3. The quantitative estimate of drug-likeness (QED) is 0.726. The molecular formula is C19H23N3O. The highest BCUT2D eigenvalue weighted by atomic mass is 16.5. The van der Waals surface area contributed by atoms with Gasteiger partial charge in [0.15, 0.2) is 0 Å². The topological polar surface area (TPSA) is 39.1 Å². The molecule has 3 aromatic rings. The SMILES string of the molecule is COc1ccc2ccccc2c1CNCC(C)Cn1ccnc1. The molecule has 0 bridgehead atoms. The van der Waals surface area contributed by atoms with Crippen LogP contribution in [-0.2, 0) is 13.1 Å². The van der Waals surface area contributed by atoms with Crippen molar-refractivity contribution >= 4 is 10.8 Å². The van der Waals surface area contributed by atoms with E-state index in [0.717, 1.165) is 25.4 Å². The average Bonchev–Trinajstić information content (AvgIpc) is 3.07. The zero-order chi connectivity index (χ0) is 16.1. The largest absolute Gasteiger partial charge is 0.496 e. The number of hydrogen-bond acceptors (Lipinski definition) is 3. The molecule has 2 aromatic carbocycles. The van der Waals surface area contributed by atoms with Crippen LogP contribution in [0.1, 0.15) is 12.5 Å². The van der Waals surface area contributed by atoms with E-state index in [1.165, 1.54) is 16.3 Å². The molecule has 0 fully saturated rings. The van der Waals surface area contributed by atoms with Gasteiger partial charge in [0.25, 0.3) is 0 Å². The summed E-state index contributed by atoms with van der Waals surface area (Å²) in [4.78, 5) is 4.09. The van der Waals surface area contributed by atoms with Gasteiger partial charge >= 0.3 is 0 Å². The van der Waals surface area contributed by atoms with Gasteiger partial charge in [-0.1, -0.05) is 37.3 Å². The van der Waals surface area contributed by atoms with Gasteiger partial charge in [0, 0.05) is 31.0 Å². The first-order chi connectivity index (χ1) is 11.3. The maximum Gasteiger partial charge on any atom is 0.123 e. The second-order valence-electron chi connectivity index (χ2n) is 5.96. The van der Waals surface area contributed by atoms with E-state index < -0.39 is 0 Å². The molecule has 1 atom stereocenters. The third-order valence-corrected chi connectivity index (χ3v) is 4.09. The van der Waals surface area contributed by atoms with Crippen LogP contribution in [0.25, 0.3) is 10.8 Å². The summed E-state index contributed by atoms with van der Waals surface area (Å²) in [5.74, 6) is 1.48. The van der Waals surface area contributed by atoms with Gasteiger partial charge in [-0.25, -0.2) is 4.98 Å². The van der Waals surface area contributed by atoms with E-state index in [4.69, 9.17) is 4.74 Å². The fourth-order valence-corrected chi connectivity index (χ4v) is 2.95. The van der Waals surface area contributed by atoms with Crippen LogP contribution in [0, 0.1) is 5.92 Å². The number of rotatable bonds is 7. The van der Waals surface area contributed by atoms with Crippen molar-refractivity contribution in [2.24, 2.45) is 5.92 Å². The second-order valence-corrected chi connectivity index (χ2v) is 5.96. The molecule has 0 aliphatic carbocycles. The number of methoxy groups -OCH3 is 1. The predicted octanol–water partition coefficient (Wildman–Crippen LogP) is 3.47. The van der Waals surface area contributed by atoms with Crippen LogP contribution >= 0.6 is 0 Å². The Labute approximate surface area is 137 Å². The molecule has 0 saturated heterocycles. The van der Waals surface area contributed by atoms with Gasteiger partial charge in [-0.15, -0.1) is 0 Å². The lowest BCUT2D eigenvalue weighted by atomic mass is 10.0. The molecule has 0 radical (unpaired) electrons. The lowest BCUT2D eigenvalue weighted by Crippen LogP contribution is -2.23. The third kappa shape index (κ3) is 3.71. The summed E-state index contributed by atoms with van der Waals surface area (Å²) >= 11 is 0.